The highest BCUT2D eigenvalue weighted by Crippen LogP contribution is 2.26. The molecule has 0 aliphatic rings. The number of hydrogen-bond acceptors (Lipinski definition) is 3. The summed E-state index contributed by atoms with van der Waals surface area (Å²) in [5.41, 5.74) is 2.67. The van der Waals surface area contributed by atoms with E-state index in [0.717, 1.165) is 22.9 Å². The van der Waals surface area contributed by atoms with Crippen molar-refractivity contribution in [1.82, 2.24) is 8.96 Å². The van der Waals surface area contributed by atoms with Crippen molar-refractivity contribution in [1.29, 1.82) is 0 Å². The molecule has 2 aromatic rings. The van der Waals surface area contributed by atoms with Gasteiger partial charge in [0.25, 0.3) is 0 Å². The summed E-state index contributed by atoms with van der Waals surface area (Å²) in [6, 6.07) is 1.87. The molecule has 18 heavy (non-hydrogen) atoms. The summed E-state index contributed by atoms with van der Waals surface area (Å²) in [4.78, 5) is 14.8. The number of carbonyl (C=O) groups is 1. The third-order valence-electron chi connectivity index (χ3n) is 2.04. The van der Waals surface area contributed by atoms with Crippen LogP contribution in [0.3, 0.4) is 0 Å². The molecule has 0 aliphatic carbocycles. The molecule has 3 nitrogen and oxygen atoms in total. The largest absolute Gasteiger partial charge is 0.298 e. The molecule has 0 fully saturated rings. The van der Waals surface area contributed by atoms with Crippen molar-refractivity contribution in [3.05, 3.63) is 29.6 Å². The number of aldehydes is 1. The van der Waals surface area contributed by atoms with E-state index >= 15 is 0 Å². The molecule has 0 spiro atoms. The third kappa shape index (κ3) is 3.98. The predicted octanol–water partition coefficient (Wildman–Crippen LogP) is 5.06. The summed E-state index contributed by atoms with van der Waals surface area (Å²) in [6.45, 7) is 10.0. The van der Waals surface area contributed by atoms with Gasteiger partial charge in [-0.1, -0.05) is 27.7 Å². The summed E-state index contributed by atoms with van der Waals surface area (Å²) < 4.78 is 1.99. The second-order valence-corrected chi connectivity index (χ2v) is 4.68. The van der Waals surface area contributed by atoms with Crippen LogP contribution in [0, 0.1) is 6.92 Å². The van der Waals surface area contributed by atoms with Crippen LogP contribution in [0.25, 0.3) is 11.0 Å². The lowest BCUT2D eigenvalue weighted by molar-refractivity contribution is 0.112. The van der Waals surface area contributed by atoms with Gasteiger partial charge in [0.15, 0.2) is 11.9 Å². The van der Waals surface area contributed by atoms with Crippen molar-refractivity contribution in [2.45, 2.75) is 34.6 Å². The molecular weight excluding hydrogens is 359 g/mol. The Bertz CT molecular complexity index is 497. The predicted molar refractivity (Wildman–Crippen MR) is 89.6 cm³/mol. The summed E-state index contributed by atoms with van der Waals surface area (Å²) in [7, 11) is 1.57. The zero-order valence-electron chi connectivity index (χ0n) is 11.4. The van der Waals surface area contributed by atoms with E-state index in [9.17, 15) is 4.79 Å². The first-order valence-corrected chi connectivity index (χ1v) is 9.30. The van der Waals surface area contributed by atoms with Crippen molar-refractivity contribution in [2.24, 2.45) is 0 Å². The number of aryl methyl sites for hydroxylation is 1. The lowest BCUT2D eigenvalue weighted by Gasteiger charge is -1.96. The number of nitrogens with zero attached hydrogens (tertiary/aromatic N) is 2. The van der Waals surface area contributed by atoms with Crippen molar-refractivity contribution in [3.63, 3.8) is 0 Å². The molecule has 2 aromatic heterocycles. The van der Waals surface area contributed by atoms with Gasteiger partial charge in [-0.15, -0.1) is 0 Å². The van der Waals surface area contributed by atoms with Crippen LogP contribution in [0.4, 0.5) is 0 Å². The molecule has 0 bridgehead atoms. The molecule has 100 valence electrons. The zero-order valence-corrected chi connectivity index (χ0v) is 14.4. The lowest BCUT2D eigenvalue weighted by Crippen LogP contribution is -1.86. The first kappa shape index (κ1) is 17.4. The van der Waals surface area contributed by atoms with Crippen LogP contribution in [0.2, 0.25) is 0 Å². The number of hydrogen-bond donors (Lipinski definition) is 0. The molecule has 0 unspecified atom stereocenters. The fourth-order valence-corrected chi connectivity index (χ4v) is 2.67. The maximum atomic E-state index is 10.6. The van der Waals surface area contributed by atoms with Gasteiger partial charge >= 0.3 is 0 Å². The van der Waals surface area contributed by atoms with Gasteiger partial charge in [0, 0.05) is 53.7 Å². The van der Waals surface area contributed by atoms with Crippen molar-refractivity contribution < 1.29 is 4.79 Å². The Kier molecular flexibility index (Phi) is 9.09. The van der Waals surface area contributed by atoms with E-state index in [4.69, 9.17) is 0 Å². The van der Waals surface area contributed by atoms with Crippen LogP contribution >= 0.6 is 30.3 Å². The first-order valence-electron chi connectivity index (χ1n) is 5.98. The van der Waals surface area contributed by atoms with Gasteiger partial charge in [-0.05, 0) is 18.6 Å². The second-order valence-electron chi connectivity index (χ2n) is 2.96. The van der Waals surface area contributed by atoms with E-state index in [2.05, 4.69) is 26.2 Å². The zero-order chi connectivity index (χ0) is 14.1. The molecule has 0 aromatic carbocycles. The number of pyridine rings is 1. The average Bonchev–Trinajstić information content (AvgIpc) is 2.79. The Morgan fingerprint density at radius 2 is 1.94 bits per heavy atom. The van der Waals surface area contributed by atoms with Gasteiger partial charge in [0.2, 0.25) is 0 Å². The summed E-state index contributed by atoms with van der Waals surface area (Å²) in [5, 5.41) is 1.04. The highest BCUT2D eigenvalue weighted by Gasteiger charge is 2.06. The Morgan fingerprint density at radius 1 is 1.33 bits per heavy atom. The highest BCUT2D eigenvalue weighted by atomic mass is 127. The fourth-order valence-electron chi connectivity index (χ4n) is 1.36. The Labute approximate surface area is 125 Å². The van der Waals surface area contributed by atoms with E-state index in [1.807, 2.05) is 50.9 Å². The van der Waals surface area contributed by atoms with Crippen molar-refractivity contribution in [3.8, 4) is 0 Å². The standard InChI is InChI=1S/C9H7IN2OS.2C2H6/c1-6-4-12(14-10)9-8(6)2-7(5-13)3-11-9;2*1-2/h2-5H,1H3;2*1-2H3. The number of fused-ring (bicyclic) bond motifs is 1. The van der Waals surface area contributed by atoms with Crippen LogP contribution in [0.15, 0.2) is 18.5 Å². The van der Waals surface area contributed by atoms with Gasteiger partial charge in [-0.3, -0.25) is 8.77 Å². The summed E-state index contributed by atoms with van der Waals surface area (Å²) in [6.07, 6.45) is 4.43. The molecule has 0 N–H and O–H groups in total. The molecule has 0 atom stereocenters. The Balaban J connectivity index is 0.000000659. The molecule has 0 aliphatic heterocycles. The minimum atomic E-state index is 0.622. The summed E-state index contributed by atoms with van der Waals surface area (Å²) in [5.74, 6) is 0. The van der Waals surface area contributed by atoms with Crippen LogP contribution in [-0.4, -0.2) is 15.2 Å². The average molecular weight is 378 g/mol. The maximum absolute atomic E-state index is 10.6. The Hall–Kier alpha value is -0.560. The number of aromatic nitrogens is 2. The van der Waals surface area contributed by atoms with Gasteiger partial charge in [-0.2, -0.15) is 0 Å². The van der Waals surface area contributed by atoms with E-state index < -0.39 is 0 Å². The van der Waals surface area contributed by atoms with Crippen molar-refractivity contribution >= 4 is 47.6 Å². The van der Waals surface area contributed by atoms with Gasteiger partial charge < -0.3 is 0 Å². The topological polar surface area (TPSA) is 34.9 Å². The highest BCUT2D eigenvalue weighted by molar-refractivity contribution is 14.2. The minimum Gasteiger partial charge on any atom is -0.298 e. The van der Waals surface area contributed by atoms with E-state index in [1.54, 1.807) is 15.3 Å². The van der Waals surface area contributed by atoms with Crippen LogP contribution in [0.5, 0.6) is 0 Å². The first-order chi connectivity index (χ1) is 8.76. The molecule has 2 rings (SSSR count). The second kappa shape index (κ2) is 9.38. The molecule has 5 heteroatoms. The third-order valence-corrected chi connectivity index (χ3v) is 3.74. The van der Waals surface area contributed by atoms with Gasteiger partial charge in [-0.25, -0.2) is 4.98 Å². The smallest absolute Gasteiger partial charge is 0.151 e. The van der Waals surface area contributed by atoms with Crippen LogP contribution in [-0.2, 0) is 0 Å². The molecule has 2 heterocycles. The fraction of sp³-hybridized carbons (Fsp3) is 0.385. The quantitative estimate of drug-likeness (QED) is 0.542. The molecule has 0 saturated carbocycles. The van der Waals surface area contributed by atoms with Crippen LogP contribution < -0.4 is 0 Å². The molecule has 0 radical (unpaired) electrons. The monoisotopic (exact) mass is 378 g/mol. The van der Waals surface area contributed by atoms with Gasteiger partial charge in [0.1, 0.15) is 0 Å². The van der Waals surface area contributed by atoms with E-state index in [0.29, 0.717) is 5.56 Å². The molecule has 0 saturated heterocycles. The molecule has 0 amide bonds. The molecular formula is C13H19IN2OS. The number of halogens is 1. The number of carbonyl (C=O) groups excluding carboxylic acids is 1. The lowest BCUT2D eigenvalue weighted by atomic mass is 10.2. The minimum absolute atomic E-state index is 0.622. The Morgan fingerprint density at radius 3 is 2.44 bits per heavy atom. The summed E-state index contributed by atoms with van der Waals surface area (Å²) >= 11 is 2.20. The SMILES string of the molecule is CC.CC.Cc1cn(SI)c2ncc(C=O)cc12. The normalized spacial score (nSPS) is 9.00. The van der Waals surface area contributed by atoms with Gasteiger partial charge in [0.05, 0.1) is 0 Å². The maximum Gasteiger partial charge on any atom is 0.151 e. The number of rotatable bonds is 2. The van der Waals surface area contributed by atoms with Crippen LogP contribution in [0.1, 0.15) is 43.6 Å². The van der Waals surface area contributed by atoms with E-state index in [1.165, 1.54) is 0 Å². The van der Waals surface area contributed by atoms with E-state index in [-0.39, 0.29) is 0 Å². The van der Waals surface area contributed by atoms with Crippen molar-refractivity contribution in [2.75, 3.05) is 0 Å².